The summed E-state index contributed by atoms with van der Waals surface area (Å²) in [6.07, 6.45) is 2.09. The summed E-state index contributed by atoms with van der Waals surface area (Å²) in [5, 5.41) is 11.0. The summed E-state index contributed by atoms with van der Waals surface area (Å²) in [4.78, 5) is 0. The number of nitrogens with zero attached hydrogens (tertiary/aromatic N) is 3. The van der Waals surface area contributed by atoms with E-state index < -0.39 is 0 Å². The highest BCUT2D eigenvalue weighted by Gasteiger charge is 2.08. The molecule has 1 aromatic rings. The van der Waals surface area contributed by atoms with Gasteiger partial charge in [-0.1, -0.05) is 5.21 Å². The molecule has 13 heavy (non-hydrogen) atoms. The Hall–Kier alpha value is -0.420. The van der Waals surface area contributed by atoms with Crippen LogP contribution in [0.3, 0.4) is 0 Å². The Balaban J connectivity index is 2.53. The Morgan fingerprint density at radius 2 is 2.31 bits per heavy atom. The summed E-state index contributed by atoms with van der Waals surface area (Å²) in [5.74, 6) is 0. The second-order valence-electron chi connectivity index (χ2n) is 3.18. The number of aromatic nitrogens is 3. The van der Waals surface area contributed by atoms with E-state index in [4.69, 9.17) is 0 Å². The number of rotatable bonds is 4. The first-order valence-corrected chi connectivity index (χ1v) is 5.15. The molecule has 74 valence electrons. The Kier molecular flexibility index (Phi) is 3.87. The quantitative estimate of drug-likeness (QED) is 0.866. The minimum absolute atomic E-state index is 0.529. The predicted octanol–water partition coefficient (Wildman–Crippen LogP) is 1.12. The minimum Gasteiger partial charge on any atom is -0.317 e. The Bertz CT molecular complexity index is 252. The number of aryl methyl sites for hydroxylation is 1. The van der Waals surface area contributed by atoms with Crippen molar-refractivity contribution in [3.05, 3.63) is 10.3 Å². The second-order valence-corrected chi connectivity index (χ2v) is 3.93. The number of hydrogen-bond donors (Lipinski definition) is 1. The van der Waals surface area contributed by atoms with Crippen molar-refractivity contribution in [1.82, 2.24) is 20.3 Å². The molecular formula is C8H15BrN4. The molecule has 0 aromatic carbocycles. The highest BCUT2D eigenvalue weighted by molar-refractivity contribution is 9.10. The SMILES string of the molecule is CNC(C)CCc1c(Br)nnn1C. The lowest BCUT2D eigenvalue weighted by Gasteiger charge is -2.09. The van der Waals surface area contributed by atoms with Crippen molar-refractivity contribution in [2.75, 3.05) is 7.05 Å². The van der Waals surface area contributed by atoms with E-state index in [0.29, 0.717) is 6.04 Å². The predicted molar refractivity (Wildman–Crippen MR) is 55.5 cm³/mol. The molecule has 1 unspecified atom stereocenters. The molecule has 0 saturated heterocycles. The number of halogens is 1. The minimum atomic E-state index is 0.529. The maximum absolute atomic E-state index is 3.93. The largest absolute Gasteiger partial charge is 0.317 e. The molecule has 1 N–H and O–H groups in total. The molecule has 0 bridgehead atoms. The highest BCUT2D eigenvalue weighted by Crippen LogP contribution is 2.14. The zero-order valence-electron chi connectivity index (χ0n) is 8.21. The van der Waals surface area contributed by atoms with Crippen LogP contribution in [-0.4, -0.2) is 28.1 Å². The van der Waals surface area contributed by atoms with E-state index in [0.717, 1.165) is 23.1 Å². The molecule has 4 nitrogen and oxygen atoms in total. The van der Waals surface area contributed by atoms with Crippen molar-refractivity contribution in [3.8, 4) is 0 Å². The smallest absolute Gasteiger partial charge is 0.151 e. The molecule has 1 rings (SSSR count). The van der Waals surface area contributed by atoms with E-state index >= 15 is 0 Å². The molecule has 0 saturated carbocycles. The normalized spacial score (nSPS) is 13.2. The first-order valence-electron chi connectivity index (χ1n) is 4.36. The summed E-state index contributed by atoms with van der Waals surface area (Å²) in [7, 11) is 3.89. The molecule has 1 atom stereocenters. The van der Waals surface area contributed by atoms with Crippen LogP contribution in [0.1, 0.15) is 19.0 Å². The van der Waals surface area contributed by atoms with Crippen LogP contribution < -0.4 is 5.32 Å². The summed E-state index contributed by atoms with van der Waals surface area (Å²) < 4.78 is 2.67. The molecule has 0 fully saturated rings. The first-order chi connectivity index (χ1) is 6.15. The van der Waals surface area contributed by atoms with E-state index in [2.05, 4.69) is 38.5 Å². The average molecular weight is 247 g/mol. The fourth-order valence-corrected chi connectivity index (χ4v) is 1.64. The van der Waals surface area contributed by atoms with E-state index in [9.17, 15) is 0 Å². The van der Waals surface area contributed by atoms with Crippen molar-refractivity contribution in [3.63, 3.8) is 0 Å². The monoisotopic (exact) mass is 246 g/mol. The van der Waals surface area contributed by atoms with Crippen LogP contribution >= 0.6 is 15.9 Å². The molecule has 0 radical (unpaired) electrons. The van der Waals surface area contributed by atoms with E-state index in [-0.39, 0.29) is 0 Å². The van der Waals surface area contributed by atoms with Gasteiger partial charge in [-0.05, 0) is 42.7 Å². The lowest BCUT2D eigenvalue weighted by atomic mass is 10.1. The molecule has 1 aromatic heterocycles. The van der Waals surface area contributed by atoms with Crippen LogP contribution in [0, 0.1) is 0 Å². The Morgan fingerprint density at radius 3 is 2.77 bits per heavy atom. The van der Waals surface area contributed by atoms with Gasteiger partial charge in [-0.3, -0.25) is 4.68 Å². The lowest BCUT2D eigenvalue weighted by molar-refractivity contribution is 0.548. The molecule has 0 aliphatic rings. The van der Waals surface area contributed by atoms with Crippen LogP contribution in [0.25, 0.3) is 0 Å². The van der Waals surface area contributed by atoms with Gasteiger partial charge in [0.2, 0.25) is 0 Å². The van der Waals surface area contributed by atoms with Crippen molar-refractivity contribution in [2.45, 2.75) is 25.8 Å². The van der Waals surface area contributed by atoms with Gasteiger partial charge in [-0.25, -0.2) is 0 Å². The Morgan fingerprint density at radius 1 is 1.62 bits per heavy atom. The molecule has 1 heterocycles. The zero-order chi connectivity index (χ0) is 9.84. The van der Waals surface area contributed by atoms with Gasteiger partial charge in [-0.15, -0.1) is 5.10 Å². The third-order valence-electron chi connectivity index (χ3n) is 2.20. The van der Waals surface area contributed by atoms with Crippen molar-refractivity contribution < 1.29 is 0 Å². The van der Waals surface area contributed by atoms with Crippen molar-refractivity contribution in [1.29, 1.82) is 0 Å². The molecule has 5 heteroatoms. The molecule has 0 spiro atoms. The fourth-order valence-electron chi connectivity index (χ4n) is 1.11. The van der Waals surface area contributed by atoms with Gasteiger partial charge < -0.3 is 5.32 Å². The summed E-state index contributed by atoms with van der Waals surface area (Å²) in [5.41, 5.74) is 1.15. The summed E-state index contributed by atoms with van der Waals surface area (Å²) in [6, 6.07) is 0.529. The first kappa shape index (κ1) is 10.7. The molecule has 0 aliphatic carbocycles. The van der Waals surface area contributed by atoms with Crippen LogP contribution in [0.15, 0.2) is 4.60 Å². The number of hydrogen-bond acceptors (Lipinski definition) is 3. The Labute approximate surface area is 86.8 Å². The molecular weight excluding hydrogens is 232 g/mol. The van der Waals surface area contributed by atoms with Crippen LogP contribution in [-0.2, 0) is 13.5 Å². The van der Waals surface area contributed by atoms with Gasteiger partial charge in [0.25, 0.3) is 0 Å². The third-order valence-corrected chi connectivity index (χ3v) is 2.82. The maximum Gasteiger partial charge on any atom is 0.151 e. The van der Waals surface area contributed by atoms with Crippen LogP contribution in [0.4, 0.5) is 0 Å². The molecule has 0 amide bonds. The van der Waals surface area contributed by atoms with E-state index in [1.165, 1.54) is 0 Å². The van der Waals surface area contributed by atoms with Gasteiger partial charge in [-0.2, -0.15) is 0 Å². The van der Waals surface area contributed by atoms with E-state index in [1.807, 2.05) is 18.8 Å². The molecule has 0 aliphatic heterocycles. The standard InChI is InChI=1S/C8H15BrN4/c1-6(10-2)4-5-7-8(9)11-12-13(7)3/h6,10H,4-5H2,1-3H3. The number of nitrogens with one attached hydrogen (secondary N) is 1. The second kappa shape index (κ2) is 4.72. The van der Waals surface area contributed by atoms with Gasteiger partial charge in [0.15, 0.2) is 4.60 Å². The van der Waals surface area contributed by atoms with Gasteiger partial charge in [0.1, 0.15) is 0 Å². The van der Waals surface area contributed by atoms with Gasteiger partial charge in [0.05, 0.1) is 5.69 Å². The van der Waals surface area contributed by atoms with Crippen LogP contribution in [0.2, 0.25) is 0 Å². The maximum atomic E-state index is 3.93. The van der Waals surface area contributed by atoms with Crippen LogP contribution in [0.5, 0.6) is 0 Å². The van der Waals surface area contributed by atoms with E-state index in [1.54, 1.807) is 0 Å². The summed E-state index contributed by atoms with van der Waals surface area (Å²) >= 11 is 3.37. The summed E-state index contributed by atoms with van der Waals surface area (Å²) in [6.45, 7) is 2.16. The van der Waals surface area contributed by atoms with Gasteiger partial charge >= 0.3 is 0 Å². The average Bonchev–Trinajstić information content (AvgIpc) is 2.43. The van der Waals surface area contributed by atoms with Gasteiger partial charge in [0, 0.05) is 13.1 Å². The highest BCUT2D eigenvalue weighted by atomic mass is 79.9. The topological polar surface area (TPSA) is 42.7 Å². The third kappa shape index (κ3) is 2.77. The van der Waals surface area contributed by atoms with Crippen molar-refractivity contribution in [2.24, 2.45) is 7.05 Å². The zero-order valence-corrected chi connectivity index (χ0v) is 9.80. The van der Waals surface area contributed by atoms with Crippen molar-refractivity contribution >= 4 is 15.9 Å². The fraction of sp³-hybridized carbons (Fsp3) is 0.750. The lowest BCUT2D eigenvalue weighted by Crippen LogP contribution is -2.22.